The first-order valence-electron chi connectivity index (χ1n) is 9.63. The van der Waals surface area contributed by atoms with E-state index in [0.29, 0.717) is 30.0 Å². The first-order valence-corrected chi connectivity index (χ1v) is 9.63. The second kappa shape index (κ2) is 8.63. The number of carbonyl (C=O) groups is 3. The van der Waals surface area contributed by atoms with E-state index in [1.165, 1.54) is 14.0 Å². The lowest BCUT2D eigenvalue weighted by atomic mass is 9.81. The van der Waals surface area contributed by atoms with Crippen molar-refractivity contribution in [3.63, 3.8) is 0 Å². The maximum atomic E-state index is 13.2. The Morgan fingerprint density at radius 3 is 2.29 bits per heavy atom. The van der Waals surface area contributed by atoms with Gasteiger partial charge in [-0.15, -0.1) is 0 Å². The van der Waals surface area contributed by atoms with Crippen molar-refractivity contribution in [2.24, 2.45) is 5.41 Å². The summed E-state index contributed by atoms with van der Waals surface area (Å²) in [5, 5.41) is 8.58. The summed E-state index contributed by atoms with van der Waals surface area (Å²) in [4.78, 5) is 37.0. The second-order valence-electron chi connectivity index (χ2n) is 8.51. The van der Waals surface area contributed by atoms with Gasteiger partial charge in [0.2, 0.25) is 17.7 Å². The Morgan fingerprint density at radius 2 is 1.75 bits per heavy atom. The highest BCUT2D eigenvalue weighted by atomic mass is 16.5. The minimum Gasteiger partial charge on any atom is -0.495 e. The standard InChI is InChI=1S/C21H31N3O4/c1-14(25)22-15-8-9-17(28-5)16(12-15)23-19(27)21(10-6-7-11-21)13-18(26)24-20(2,3)4/h8-9,12H,6-7,10-11,13H2,1-5H3,(H,22,25)(H,23,27)(H,24,26). The molecule has 0 heterocycles. The fourth-order valence-corrected chi connectivity index (χ4v) is 3.65. The van der Waals surface area contributed by atoms with Crippen molar-refractivity contribution < 1.29 is 19.1 Å². The predicted octanol–water partition coefficient (Wildman–Crippen LogP) is 3.46. The van der Waals surface area contributed by atoms with Crippen LogP contribution in [0.25, 0.3) is 0 Å². The van der Waals surface area contributed by atoms with E-state index in [2.05, 4.69) is 16.0 Å². The van der Waals surface area contributed by atoms with Gasteiger partial charge in [0, 0.05) is 24.6 Å². The lowest BCUT2D eigenvalue weighted by molar-refractivity contribution is -0.133. The summed E-state index contributed by atoms with van der Waals surface area (Å²) in [6.07, 6.45) is 3.33. The predicted molar refractivity (Wildman–Crippen MR) is 109 cm³/mol. The fourth-order valence-electron chi connectivity index (χ4n) is 3.65. The molecular weight excluding hydrogens is 358 g/mol. The number of hydrogen-bond acceptors (Lipinski definition) is 4. The summed E-state index contributed by atoms with van der Waals surface area (Å²) in [6, 6.07) is 5.06. The lowest BCUT2D eigenvalue weighted by Gasteiger charge is -2.29. The van der Waals surface area contributed by atoms with E-state index >= 15 is 0 Å². The summed E-state index contributed by atoms with van der Waals surface area (Å²) in [5.41, 5.74) is -0.0380. The third-order valence-electron chi connectivity index (χ3n) is 4.82. The van der Waals surface area contributed by atoms with Gasteiger partial charge in [0.25, 0.3) is 0 Å². The van der Waals surface area contributed by atoms with Crippen molar-refractivity contribution in [2.75, 3.05) is 17.7 Å². The van der Waals surface area contributed by atoms with E-state index < -0.39 is 5.41 Å². The van der Waals surface area contributed by atoms with Crippen molar-refractivity contribution in [1.82, 2.24) is 5.32 Å². The van der Waals surface area contributed by atoms with Crippen molar-refractivity contribution in [2.45, 2.75) is 65.3 Å². The smallest absolute Gasteiger partial charge is 0.231 e. The number of nitrogens with one attached hydrogen (secondary N) is 3. The number of ether oxygens (including phenoxy) is 1. The average Bonchev–Trinajstić information content (AvgIpc) is 3.02. The number of methoxy groups -OCH3 is 1. The van der Waals surface area contributed by atoms with E-state index in [1.807, 2.05) is 20.8 Å². The zero-order valence-electron chi connectivity index (χ0n) is 17.4. The minimum absolute atomic E-state index is 0.122. The molecule has 1 aliphatic carbocycles. The summed E-state index contributed by atoms with van der Waals surface area (Å²) in [7, 11) is 1.52. The maximum absolute atomic E-state index is 13.2. The third-order valence-corrected chi connectivity index (χ3v) is 4.82. The van der Waals surface area contributed by atoms with Gasteiger partial charge in [-0.25, -0.2) is 0 Å². The molecule has 1 aromatic rings. The fraction of sp³-hybridized carbons (Fsp3) is 0.571. The number of anilines is 2. The molecule has 0 saturated heterocycles. The molecule has 0 atom stereocenters. The van der Waals surface area contributed by atoms with Crippen LogP contribution in [0.15, 0.2) is 18.2 Å². The molecule has 1 fully saturated rings. The minimum atomic E-state index is -0.732. The quantitative estimate of drug-likeness (QED) is 0.694. The summed E-state index contributed by atoms with van der Waals surface area (Å²) in [5.74, 6) is -0.0147. The number of amides is 3. The maximum Gasteiger partial charge on any atom is 0.231 e. The van der Waals surface area contributed by atoms with Crippen LogP contribution in [0, 0.1) is 5.41 Å². The van der Waals surface area contributed by atoms with Crippen LogP contribution in [0.2, 0.25) is 0 Å². The molecule has 7 heteroatoms. The molecule has 1 aromatic carbocycles. The van der Waals surface area contributed by atoms with E-state index in [-0.39, 0.29) is 29.7 Å². The highest BCUT2D eigenvalue weighted by Gasteiger charge is 2.43. The third kappa shape index (κ3) is 5.71. The Morgan fingerprint density at radius 1 is 1.11 bits per heavy atom. The van der Waals surface area contributed by atoms with Crippen molar-refractivity contribution in [3.8, 4) is 5.75 Å². The van der Waals surface area contributed by atoms with Crippen LogP contribution in [0.4, 0.5) is 11.4 Å². The highest BCUT2D eigenvalue weighted by Crippen LogP contribution is 2.43. The molecule has 0 unspecified atom stereocenters. The van der Waals surface area contributed by atoms with Gasteiger partial charge in [-0.2, -0.15) is 0 Å². The molecular formula is C21H31N3O4. The van der Waals surface area contributed by atoms with Gasteiger partial charge in [0.15, 0.2) is 0 Å². The number of benzene rings is 1. The lowest BCUT2D eigenvalue weighted by Crippen LogP contribution is -2.45. The van der Waals surface area contributed by atoms with E-state index in [1.54, 1.807) is 18.2 Å². The van der Waals surface area contributed by atoms with Gasteiger partial charge in [0.1, 0.15) is 5.75 Å². The van der Waals surface area contributed by atoms with Gasteiger partial charge in [0.05, 0.1) is 18.2 Å². The Bertz CT molecular complexity index is 747. The van der Waals surface area contributed by atoms with E-state index in [0.717, 1.165) is 12.8 Å². The topological polar surface area (TPSA) is 96.5 Å². The number of rotatable bonds is 6. The van der Waals surface area contributed by atoms with Gasteiger partial charge in [-0.05, 0) is 51.8 Å². The molecule has 0 radical (unpaired) electrons. The van der Waals surface area contributed by atoms with Crippen molar-refractivity contribution in [3.05, 3.63) is 18.2 Å². The molecule has 0 spiro atoms. The van der Waals surface area contributed by atoms with Crippen LogP contribution in [0.1, 0.15) is 59.8 Å². The molecule has 1 saturated carbocycles. The van der Waals surface area contributed by atoms with Crippen LogP contribution >= 0.6 is 0 Å². The van der Waals surface area contributed by atoms with Gasteiger partial charge < -0.3 is 20.7 Å². The van der Waals surface area contributed by atoms with E-state index in [9.17, 15) is 14.4 Å². The molecule has 0 aliphatic heterocycles. The van der Waals surface area contributed by atoms with Crippen LogP contribution in [0.3, 0.4) is 0 Å². The molecule has 0 aromatic heterocycles. The molecule has 7 nitrogen and oxygen atoms in total. The molecule has 2 rings (SSSR count). The Kier molecular flexibility index (Phi) is 6.69. The zero-order chi connectivity index (χ0) is 20.9. The largest absolute Gasteiger partial charge is 0.495 e. The average molecular weight is 389 g/mol. The van der Waals surface area contributed by atoms with Crippen LogP contribution in [0.5, 0.6) is 5.75 Å². The molecule has 3 N–H and O–H groups in total. The molecule has 3 amide bonds. The first kappa shape index (κ1) is 21.7. The first-order chi connectivity index (χ1) is 13.0. The second-order valence-corrected chi connectivity index (χ2v) is 8.51. The molecule has 0 bridgehead atoms. The zero-order valence-corrected chi connectivity index (χ0v) is 17.4. The Balaban J connectivity index is 2.22. The normalized spacial score (nSPS) is 15.6. The summed E-state index contributed by atoms with van der Waals surface area (Å²) >= 11 is 0. The SMILES string of the molecule is COc1ccc(NC(C)=O)cc1NC(=O)C1(CC(=O)NC(C)(C)C)CCCC1. The van der Waals surface area contributed by atoms with Gasteiger partial charge in [-0.1, -0.05) is 12.8 Å². The molecule has 154 valence electrons. The van der Waals surface area contributed by atoms with Crippen molar-refractivity contribution in [1.29, 1.82) is 0 Å². The molecule has 1 aliphatic rings. The molecule has 28 heavy (non-hydrogen) atoms. The van der Waals surface area contributed by atoms with Crippen LogP contribution in [-0.4, -0.2) is 30.4 Å². The van der Waals surface area contributed by atoms with Gasteiger partial charge >= 0.3 is 0 Å². The summed E-state index contributed by atoms with van der Waals surface area (Å²) < 4.78 is 5.34. The van der Waals surface area contributed by atoms with Crippen molar-refractivity contribution >= 4 is 29.1 Å². The van der Waals surface area contributed by atoms with Crippen LogP contribution in [-0.2, 0) is 14.4 Å². The van der Waals surface area contributed by atoms with Crippen LogP contribution < -0.4 is 20.7 Å². The highest BCUT2D eigenvalue weighted by molar-refractivity contribution is 6.00. The summed E-state index contributed by atoms with van der Waals surface area (Å²) in [6.45, 7) is 7.18. The Hall–Kier alpha value is -2.57. The Labute approximate surface area is 166 Å². The number of carbonyl (C=O) groups excluding carboxylic acids is 3. The monoisotopic (exact) mass is 389 g/mol. The number of hydrogen-bond donors (Lipinski definition) is 3. The van der Waals surface area contributed by atoms with E-state index in [4.69, 9.17) is 4.74 Å². The van der Waals surface area contributed by atoms with Gasteiger partial charge in [-0.3, -0.25) is 14.4 Å².